The molecule has 186 valence electrons. The molecule has 3 aromatic rings. The molecule has 2 aliphatic rings. The fourth-order valence-corrected chi connectivity index (χ4v) is 5.71. The van der Waals surface area contributed by atoms with Crippen molar-refractivity contribution < 1.29 is 8.78 Å². The Morgan fingerprint density at radius 2 is 2.00 bits per heavy atom. The van der Waals surface area contributed by atoms with Crippen molar-refractivity contribution in [1.29, 1.82) is 0 Å². The van der Waals surface area contributed by atoms with Crippen molar-refractivity contribution in [3.05, 3.63) is 44.9 Å². The van der Waals surface area contributed by atoms with Crippen molar-refractivity contribution in [2.75, 3.05) is 17.2 Å². The first-order valence-electron chi connectivity index (χ1n) is 11.4. The van der Waals surface area contributed by atoms with Gasteiger partial charge in [-0.25, -0.2) is 18.6 Å². The molecule has 2 unspecified atom stereocenters. The third-order valence-corrected chi connectivity index (χ3v) is 7.41. The summed E-state index contributed by atoms with van der Waals surface area (Å²) >= 11 is 3.25. The normalized spacial score (nSPS) is 21.7. The number of piperidine rings is 1. The molecule has 0 spiro atoms. The summed E-state index contributed by atoms with van der Waals surface area (Å²) in [6, 6.07) is 3.10. The number of aryl methyl sites for hydroxylation is 1. The maximum absolute atomic E-state index is 14.7. The maximum atomic E-state index is 14.7. The van der Waals surface area contributed by atoms with E-state index in [0.717, 1.165) is 41.4 Å². The molecule has 2 saturated heterocycles. The van der Waals surface area contributed by atoms with Gasteiger partial charge in [0.05, 0.1) is 17.6 Å². The molecule has 2 aromatic heterocycles. The molecule has 0 bridgehead atoms. The van der Waals surface area contributed by atoms with E-state index in [4.69, 9.17) is 0 Å². The lowest BCUT2D eigenvalue weighted by molar-refractivity contribution is 0.0500. The Kier molecular flexibility index (Phi) is 6.08. The Bertz CT molecular complexity index is 1320. The highest BCUT2D eigenvalue weighted by Gasteiger charge is 2.43. The van der Waals surface area contributed by atoms with Crippen LogP contribution in [0.25, 0.3) is 5.69 Å². The van der Waals surface area contributed by atoms with Gasteiger partial charge in [-0.3, -0.25) is 4.90 Å². The molecule has 0 radical (unpaired) electrons. The van der Waals surface area contributed by atoms with Gasteiger partial charge in [-0.2, -0.15) is 14.3 Å². The van der Waals surface area contributed by atoms with Crippen LogP contribution < -0.4 is 16.3 Å². The molecule has 2 N–H and O–H groups in total. The second-order valence-corrected chi connectivity index (χ2v) is 10.5. The molecule has 4 heterocycles. The molecule has 0 saturated carbocycles. The van der Waals surface area contributed by atoms with Crippen molar-refractivity contribution in [2.24, 2.45) is 7.05 Å². The summed E-state index contributed by atoms with van der Waals surface area (Å²) in [5.41, 5.74) is -0.211. The Balaban J connectivity index is 1.39. The van der Waals surface area contributed by atoms with Crippen molar-refractivity contribution in [1.82, 2.24) is 34.7 Å². The van der Waals surface area contributed by atoms with Crippen molar-refractivity contribution in [3.63, 3.8) is 0 Å². The molecular weight excluding hydrogens is 524 g/mol. The molecule has 0 amide bonds. The molecule has 2 fully saturated rings. The fourth-order valence-electron chi connectivity index (χ4n) is 5.22. The van der Waals surface area contributed by atoms with Crippen LogP contribution in [0.15, 0.2) is 27.6 Å². The minimum Gasteiger partial charge on any atom is -0.365 e. The molecule has 13 heteroatoms. The zero-order valence-corrected chi connectivity index (χ0v) is 21.2. The molecule has 10 nitrogen and oxygen atoms in total. The van der Waals surface area contributed by atoms with Crippen molar-refractivity contribution in [2.45, 2.75) is 57.2 Å². The Morgan fingerprint density at radius 3 is 2.74 bits per heavy atom. The summed E-state index contributed by atoms with van der Waals surface area (Å²) in [5.74, 6) is -1.11. The molecule has 2 atom stereocenters. The fraction of sp³-hybridized carbons (Fsp3) is 0.500. The van der Waals surface area contributed by atoms with E-state index in [0.29, 0.717) is 10.5 Å². The lowest BCUT2D eigenvalue weighted by Crippen LogP contribution is -2.55. The summed E-state index contributed by atoms with van der Waals surface area (Å²) in [5, 5.41) is 13.5. The zero-order chi connectivity index (χ0) is 24.9. The maximum Gasteiger partial charge on any atom is 0.368 e. The minimum absolute atomic E-state index is 0.00120. The first-order valence-corrected chi connectivity index (χ1v) is 12.2. The average Bonchev–Trinajstić information content (AvgIpc) is 3.40. The molecular formula is C22H26BrF2N9O. The lowest BCUT2D eigenvalue weighted by atomic mass is 9.84. The Hall–Kier alpha value is -2.93. The van der Waals surface area contributed by atoms with E-state index < -0.39 is 17.3 Å². The first kappa shape index (κ1) is 23.8. The summed E-state index contributed by atoms with van der Waals surface area (Å²) in [4.78, 5) is 23.1. The van der Waals surface area contributed by atoms with Gasteiger partial charge in [0, 0.05) is 29.1 Å². The number of nitrogens with zero attached hydrogens (tertiary/aromatic N) is 7. The smallest absolute Gasteiger partial charge is 0.365 e. The lowest BCUT2D eigenvalue weighted by Gasteiger charge is -2.47. The van der Waals surface area contributed by atoms with Gasteiger partial charge in [0.15, 0.2) is 11.6 Å². The van der Waals surface area contributed by atoms with Crippen LogP contribution in [0.2, 0.25) is 0 Å². The van der Waals surface area contributed by atoms with Crippen LogP contribution in [-0.4, -0.2) is 58.8 Å². The number of anilines is 3. The second kappa shape index (κ2) is 8.94. The number of fused-ring (bicyclic) bond motifs is 1. The second-order valence-electron chi connectivity index (χ2n) is 9.68. The highest BCUT2D eigenvalue weighted by atomic mass is 79.9. The van der Waals surface area contributed by atoms with E-state index in [-0.39, 0.29) is 34.7 Å². The third-order valence-electron chi connectivity index (χ3n) is 6.77. The quantitative estimate of drug-likeness (QED) is 0.499. The number of hydrogen-bond acceptors (Lipinski definition) is 8. The average molecular weight is 550 g/mol. The Labute approximate surface area is 208 Å². The van der Waals surface area contributed by atoms with Crippen LogP contribution in [0, 0.1) is 11.6 Å². The van der Waals surface area contributed by atoms with Gasteiger partial charge in [-0.05, 0) is 84.6 Å². The standard InChI is InChI=1S/C22H26BrF2N9O/c1-22(2)10-12(7-13-5-4-6-33(13)22)27-19-16(25)11-26-20(29-19)28-17-9-18(14(23)8-15(17)24)34-21(35)32(3)30-31-34/h8-9,11-13H,4-7,10H2,1-3H3,(H2,26,27,28,29). The van der Waals surface area contributed by atoms with Gasteiger partial charge in [0.25, 0.3) is 0 Å². The number of benzene rings is 1. The summed E-state index contributed by atoms with van der Waals surface area (Å²) in [6.45, 7) is 5.54. The monoisotopic (exact) mass is 549 g/mol. The van der Waals surface area contributed by atoms with Crippen molar-refractivity contribution in [3.8, 4) is 5.69 Å². The van der Waals surface area contributed by atoms with Crippen LogP contribution >= 0.6 is 15.9 Å². The number of rotatable bonds is 5. The van der Waals surface area contributed by atoms with Gasteiger partial charge in [0.2, 0.25) is 5.95 Å². The number of tetrazole rings is 1. The summed E-state index contributed by atoms with van der Waals surface area (Å²) in [6.07, 6.45) is 5.14. The third kappa shape index (κ3) is 4.54. The van der Waals surface area contributed by atoms with E-state index >= 15 is 0 Å². The van der Waals surface area contributed by atoms with Gasteiger partial charge < -0.3 is 10.6 Å². The van der Waals surface area contributed by atoms with Gasteiger partial charge in [-0.15, -0.1) is 0 Å². The van der Waals surface area contributed by atoms with Gasteiger partial charge >= 0.3 is 5.69 Å². The number of hydrogen-bond donors (Lipinski definition) is 2. The highest BCUT2D eigenvalue weighted by molar-refractivity contribution is 9.10. The van der Waals surface area contributed by atoms with Crippen LogP contribution in [0.3, 0.4) is 0 Å². The minimum atomic E-state index is -0.615. The number of halogens is 3. The number of nitrogens with one attached hydrogen (secondary N) is 2. The van der Waals surface area contributed by atoms with E-state index in [9.17, 15) is 13.6 Å². The number of aromatic nitrogens is 6. The van der Waals surface area contributed by atoms with Crippen LogP contribution in [0.1, 0.15) is 39.5 Å². The molecule has 35 heavy (non-hydrogen) atoms. The summed E-state index contributed by atoms with van der Waals surface area (Å²) < 4.78 is 31.8. The molecule has 1 aromatic carbocycles. The van der Waals surface area contributed by atoms with E-state index in [2.05, 4.69) is 65.7 Å². The van der Waals surface area contributed by atoms with Crippen molar-refractivity contribution >= 4 is 33.4 Å². The first-order chi connectivity index (χ1) is 16.6. The Morgan fingerprint density at radius 1 is 1.20 bits per heavy atom. The largest absolute Gasteiger partial charge is 0.368 e. The van der Waals surface area contributed by atoms with E-state index in [1.54, 1.807) is 0 Å². The highest BCUT2D eigenvalue weighted by Crippen LogP contribution is 2.38. The van der Waals surface area contributed by atoms with Crippen LogP contribution in [0.5, 0.6) is 0 Å². The summed E-state index contributed by atoms with van der Waals surface area (Å²) in [7, 11) is 1.46. The topological polar surface area (TPSA) is 106 Å². The zero-order valence-electron chi connectivity index (χ0n) is 19.6. The van der Waals surface area contributed by atoms with E-state index in [1.807, 2.05) is 0 Å². The van der Waals surface area contributed by atoms with Gasteiger partial charge in [0.1, 0.15) is 5.82 Å². The van der Waals surface area contributed by atoms with E-state index in [1.165, 1.54) is 25.6 Å². The SMILES string of the molecule is Cn1nnn(-c2cc(Nc3ncc(F)c(NC4CC5CCCN5C(C)(C)C4)n3)c(F)cc2Br)c1=O. The predicted molar refractivity (Wildman–Crippen MR) is 130 cm³/mol. The van der Waals surface area contributed by atoms with Crippen LogP contribution in [-0.2, 0) is 7.05 Å². The molecule has 2 aliphatic heterocycles. The molecule has 0 aliphatic carbocycles. The van der Waals surface area contributed by atoms with Crippen LogP contribution in [0.4, 0.5) is 26.2 Å². The van der Waals surface area contributed by atoms with Gasteiger partial charge in [-0.1, -0.05) is 0 Å². The molecule has 5 rings (SSSR count). The predicted octanol–water partition coefficient (Wildman–Crippen LogP) is 3.36.